The Hall–Kier alpha value is -2.79. The van der Waals surface area contributed by atoms with Gasteiger partial charge in [0.25, 0.3) is 0 Å². The number of hydrogen-bond acceptors (Lipinski definition) is 7. The molecule has 2 aliphatic rings. The van der Waals surface area contributed by atoms with Gasteiger partial charge in [0.05, 0.1) is 12.7 Å². The fraction of sp³-hybridized carbons (Fsp3) is 0.438. The van der Waals surface area contributed by atoms with Crippen LogP contribution in [0.5, 0.6) is 5.75 Å². The zero-order valence-electron chi connectivity index (χ0n) is 13.0. The Morgan fingerprint density at radius 1 is 1.21 bits per heavy atom. The fourth-order valence-corrected chi connectivity index (χ4v) is 2.66. The van der Waals surface area contributed by atoms with Gasteiger partial charge in [0.2, 0.25) is 12.4 Å². The third kappa shape index (κ3) is 3.12. The summed E-state index contributed by atoms with van der Waals surface area (Å²) in [7, 11) is 0. The van der Waals surface area contributed by atoms with Gasteiger partial charge in [0.15, 0.2) is 17.9 Å². The molecular weight excluding hydrogens is 318 g/mol. The second kappa shape index (κ2) is 6.37. The van der Waals surface area contributed by atoms with Crippen LogP contribution in [0.2, 0.25) is 0 Å². The smallest absolute Gasteiger partial charge is 0.461 e. The van der Waals surface area contributed by atoms with E-state index in [-0.39, 0.29) is 0 Å². The second-order valence-corrected chi connectivity index (χ2v) is 5.42. The van der Waals surface area contributed by atoms with E-state index in [0.717, 1.165) is 0 Å². The minimum Gasteiger partial charge on any atom is -0.461 e. The van der Waals surface area contributed by atoms with Crippen LogP contribution in [0.1, 0.15) is 13.8 Å². The standard InChI is InChI=1S/C16H15NO7/c1-8-12(21-9(2)18)13-14(24-16(19)23-13)15(20-8)22-11-6-4-10(17-3)5-7-11/h4-8,12-15H,1-2H3/t8-,12-,13+,14+,15-/m0/s1. The lowest BCUT2D eigenvalue weighted by atomic mass is 9.99. The molecule has 2 saturated heterocycles. The summed E-state index contributed by atoms with van der Waals surface area (Å²) in [6.45, 7) is 9.89. The van der Waals surface area contributed by atoms with Crippen molar-refractivity contribution in [3.05, 3.63) is 35.7 Å². The third-order valence-corrected chi connectivity index (χ3v) is 3.71. The molecule has 0 N–H and O–H groups in total. The molecule has 0 spiro atoms. The topological polar surface area (TPSA) is 84.6 Å². The first-order chi connectivity index (χ1) is 11.5. The molecule has 2 aliphatic heterocycles. The molecule has 3 rings (SSSR count). The molecule has 1 aromatic carbocycles. The van der Waals surface area contributed by atoms with Crippen molar-refractivity contribution < 1.29 is 33.3 Å². The summed E-state index contributed by atoms with van der Waals surface area (Å²) in [6.07, 6.45) is -4.78. The SMILES string of the molecule is [C-]#[N+]c1ccc(O[C@@H]2O[C@@H](C)[C@H](OC(C)=O)[C@H]3OC(=O)O[C@@H]23)cc1. The summed E-state index contributed by atoms with van der Waals surface area (Å²) in [5, 5.41) is 0. The maximum absolute atomic E-state index is 11.5. The number of ether oxygens (including phenoxy) is 5. The Bertz CT molecular complexity index is 681. The molecule has 0 radical (unpaired) electrons. The number of carbonyl (C=O) groups excluding carboxylic acids is 2. The number of fused-ring (bicyclic) bond motifs is 1. The monoisotopic (exact) mass is 333 g/mol. The van der Waals surface area contributed by atoms with Crippen molar-refractivity contribution in [2.45, 2.75) is 44.6 Å². The number of hydrogen-bond donors (Lipinski definition) is 0. The van der Waals surface area contributed by atoms with E-state index in [1.807, 2.05) is 0 Å². The average molecular weight is 333 g/mol. The maximum Gasteiger partial charge on any atom is 0.509 e. The number of rotatable bonds is 3. The van der Waals surface area contributed by atoms with Crippen LogP contribution in [0.15, 0.2) is 24.3 Å². The van der Waals surface area contributed by atoms with Crippen LogP contribution >= 0.6 is 0 Å². The Morgan fingerprint density at radius 3 is 2.50 bits per heavy atom. The van der Waals surface area contributed by atoms with E-state index >= 15 is 0 Å². The van der Waals surface area contributed by atoms with Gasteiger partial charge in [-0.1, -0.05) is 12.1 Å². The van der Waals surface area contributed by atoms with Crippen molar-refractivity contribution >= 4 is 17.8 Å². The first-order valence-electron chi connectivity index (χ1n) is 7.32. The van der Waals surface area contributed by atoms with Crippen molar-refractivity contribution in [3.63, 3.8) is 0 Å². The normalized spacial score (nSPS) is 31.2. The lowest BCUT2D eigenvalue weighted by Gasteiger charge is -2.38. The molecular formula is C16H15NO7. The zero-order chi connectivity index (χ0) is 17.3. The highest BCUT2D eigenvalue weighted by Gasteiger charge is 2.55. The Labute approximate surface area is 138 Å². The highest BCUT2D eigenvalue weighted by atomic mass is 16.8. The minimum absolute atomic E-state index is 0.451. The largest absolute Gasteiger partial charge is 0.509 e. The van der Waals surface area contributed by atoms with Crippen molar-refractivity contribution in [1.82, 2.24) is 0 Å². The lowest BCUT2D eigenvalue weighted by molar-refractivity contribution is -0.246. The number of nitrogens with zero attached hydrogens (tertiary/aromatic N) is 1. The van der Waals surface area contributed by atoms with Crippen LogP contribution in [-0.4, -0.2) is 42.8 Å². The summed E-state index contributed by atoms with van der Waals surface area (Å²) in [5.74, 6) is -0.0570. The molecule has 24 heavy (non-hydrogen) atoms. The molecule has 1 aromatic rings. The molecule has 0 aliphatic carbocycles. The summed E-state index contributed by atoms with van der Waals surface area (Å²) < 4.78 is 26.8. The van der Waals surface area contributed by atoms with E-state index in [9.17, 15) is 9.59 Å². The van der Waals surface area contributed by atoms with Crippen LogP contribution in [0.4, 0.5) is 10.5 Å². The lowest BCUT2D eigenvalue weighted by Crippen LogP contribution is -2.58. The van der Waals surface area contributed by atoms with Crippen molar-refractivity contribution in [1.29, 1.82) is 0 Å². The molecule has 0 bridgehead atoms. The maximum atomic E-state index is 11.5. The predicted octanol–water partition coefficient (Wildman–Crippen LogP) is 2.20. The average Bonchev–Trinajstić information content (AvgIpc) is 2.93. The van der Waals surface area contributed by atoms with Gasteiger partial charge in [-0.05, 0) is 19.1 Å². The van der Waals surface area contributed by atoms with Gasteiger partial charge in [0, 0.05) is 6.92 Å². The molecule has 2 fully saturated rings. The van der Waals surface area contributed by atoms with Crippen molar-refractivity contribution in [2.75, 3.05) is 0 Å². The highest BCUT2D eigenvalue weighted by Crippen LogP contribution is 2.34. The molecule has 0 saturated carbocycles. The van der Waals surface area contributed by atoms with Crippen molar-refractivity contribution in [3.8, 4) is 5.75 Å². The Morgan fingerprint density at radius 2 is 1.88 bits per heavy atom. The van der Waals surface area contributed by atoms with Gasteiger partial charge in [-0.3, -0.25) is 4.79 Å². The summed E-state index contributed by atoms with van der Waals surface area (Å²) in [5.41, 5.74) is 0.476. The van der Waals surface area contributed by atoms with Gasteiger partial charge < -0.3 is 23.7 Å². The fourth-order valence-electron chi connectivity index (χ4n) is 2.66. The second-order valence-electron chi connectivity index (χ2n) is 5.42. The first-order valence-corrected chi connectivity index (χ1v) is 7.32. The van der Waals surface area contributed by atoms with Gasteiger partial charge in [-0.15, -0.1) is 0 Å². The quantitative estimate of drug-likeness (QED) is 0.619. The summed E-state index contributed by atoms with van der Waals surface area (Å²) in [4.78, 5) is 26.0. The van der Waals surface area contributed by atoms with Crippen LogP contribution in [-0.2, 0) is 23.7 Å². The molecule has 0 unspecified atom stereocenters. The zero-order valence-corrected chi connectivity index (χ0v) is 13.0. The van der Waals surface area contributed by atoms with E-state index < -0.39 is 42.8 Å². The summed E-state index contributed by atoms with van der Waals surface area (Å²) in [6, 6.07) is 6.44. The van der Waals surface area contributed by atoms with E-state index in [4.69, 9.17) is 30.3 Å². The first kappa shape index (κ1) is 16.1. The van der Waals surface area contributed by atoms with E-state index in [1.54, 1.807) is 31.2 Å². The number of benzene rings is 1. The molecule has 5 atom stereocenters. The molecule has 0 aromatic heterocycles. The molecule has 8 nitrogen and oxygen atoms in total. The Balaban J connectivity index is 1.78. The Kier molecular flexibility index (Phi) is 4.27. The van der Waals surface area contributed by atoms with E-state index in [0.29, 0.717) is 11.4 Å². The van der Waals surface area contributed by atoms with Gasteiger partial charge in [-0.2, -0.15) is 0 Å². The molecule has 2 heterocycles. The van der Waals surface area contributed by atoms with Crippen LogP contribution in [0, 0.1) is 6.57 Å². The van der Waals surface area contributed by atoms with Gasteiger partial charge in [0.1, 0.15) is 5.75 Å². The van der Waals surface area contributed by atoms with Crippen LogP contribution in [0.3, 0.4) is 0 Å². The van der Waals surface area contributed by atoms with Gasteiger partial charge in [-0.25, -0.2) is 9.64 Å². The molecule has 8 heteroatoms. The third-order valence-electron chi connectivity index (χ3n) is 3.71. The number of carbonyl (C=O) groups is 2. The summed E-state index contributed by atoms with van der Waals surface area (Å²) >= 11 is 0. The number of esters is 1. The van der Waals surface area contributed by atoms with Crippen LogP contribution < -0.4 is 4.74 Å². The van der Waals surface area contributed by atoms with Crippen LogP contribution in [0.25, 0.3) is 4.85 Å². The van der Waals surface area contributed by atoms with Gasteiger partial charge >= 0.3 is 12.1 Å². The van der Waals surface area contributed by atoms with Crippen molar-refractivity contribution in [2.24, 2.45) is 0 Å². The molecule has 0 amide bonds. The van der Waals surface area contributed by atoms with E-state index in [2.05, 4.69) is 4.85 Å². The van der Waals surface area contributed by atoms with E-state index in [1.165, 1.54) is 6.92 Å². The highest BCUT2D eigenvalue weighted by molar-refractivity contribution is 5.67. The predicted molar refractivity (Wildman–Crippen MR) is 78.4 cm³/mol. The minimum atomic E-state index is -0.915. The molecule has 126 valence electrons.